The van der Waals surface area contributed by atoms with Gasteiger partial charge in [-0.05, 0) is 41.7 Å². The van der Waals surface area contributed by atoms with E-state index in [-0.39, 0.29) is 19.1 Å². The van der Waals surface area contributed by atoms with Crippen molar-refractivity contribution < 1.29 is 19.1 Å². The van der Waals surface area contributed by atoms with Gasteiger partial charge < -0.3 is 14.8 Å². The van der Waals surface area contributed by atoms with E-state index in [0.29, 0.717) is 18.2 Å². The van der Waals surface area contributed by atoms with Crippen molar-refractivity contribution in [3.05, 3.63) is 65.2 Å². The quantitative estimate of drug-likeness (QED) is 0.738. The normalized spacial score (nSPS) is 10.5. The van der Waals surface area contributed by atoms with Crippen molar-refractivity contribution in [3.63, 3.8) is 0 Å². The van der Waals surface area contributed by atoms with E-state index in [1.165, 1.54) is 5.56 Å². The van der Waals surface area contributed by atoms with Crippen LogP contribution in [0.1, 0.15) is 36.5 Å². The van der Waals surface area contributed by atoms with Crippen LogP contribution in [0.3, 0.4) is 0 Å². The smallest absolute Gasteiger partial charge is 0.344 e. The summed E-state index contributed by atoms with van der Waals surface area (Å²) in [6.45, 7) is 6.12. The third-order valence-corrected chi connectivity index (χ3v) is 3.92. The Labute approximate surface area is 154 Å². The molecule has 0 aliphatic carbocycles. The lowest BCUT2D eigenvalue weighted by Crippen LogP contribution is -2.29. The standard InChI is InChI=1S/C21H25NO4/c1-15(2)19-10-9-18(11-16(19)3)25-14-21(24)26-13-20(23)22-12-17-7-5-4-6-8-17/h4-11,15H,12-14H2,1-3H3,(H,22,23). The van der Waals surface area contributed by atoms with Gasteiger partial charge in [0.25, 0.3) is 5.91 Å². The maximum absolute atomic E-state index is 11.7. The minimum Gasteiger partial charge on any atom is -0.482 e. The molecule has 0 atom stereocenters. The highest BCUT2D eigenvalue weighted by molar-refractivity contribution is 5.80. The highest BCUT2D eigenvalue weighted by Crippen LogP contribution is 2.23. The summed E-state index contributed by atoms with van der Waals surface area (Å²) in [5.74, 6) is 0.116. The fourth-order valence-electron chi connectivity index (χ4n) is 2.56. The highest BCUT2D eigenvalue weighted by Gasteiger charge is 2.10. The monoisotopic (exact) mass is 355 g/mol. The lowest BCUT2D eigenvalue weighted by molar-refractivity contribution is -0.150. The van der Waals surface area contributed by atoms with Gasteiger partial charge in [0.1, 0.15) is 5.75 Å². The first-order valence-corrected chi connectivity index (χ1v) is 8.65. The second-order valence-electron chi connectivity index (χ2n) is 6.38. The van der Waals surface area contributed by atoms with Gasteiger partial charge >= 0.3 is 5.97 Å². The van der Waals surface area contributed by atoms with Gasteiger partial charge in [-0.2, -0.15) is 0 Å². The number of ether oxygens (including phenoxy) is 2. The van der Waals surface area contributed by atoms with Crippen LogP contribution < -0.4 is 10.1 Å². The van der Waals surface area contributed by atoms with Crippen LogP contribution in [0, 0.1) is 6.92 Å². The van der Waals surface area contributed by atoms with E-state index in [1.54, 1.807) is 0 Å². The second-order valence-corrected chi connectivity index (χ2v) is 6.38. The van der Waals surface area contributed by atoms with Gasteiger partial charge in [-0.3, -0.25) is 4.79 Å². The van der Waals surface area contributed by atoms with Crippen molar-refractivity contribution in [2.45, 2.75) is 33.2 Å². The zero-order chi connectivity index (χ0) is 18.9. The highest BCUT2D eigenvalue weighted by atomic mass is 16.6. The van der Waals surface area contributed by atoms with Gasteiger partial charge in [-0.15, -0.1) is 0 Å². The molecule has 0 heterocycles. The van der Waals surface area contributed by atoms with Crippen LogP contribution in [0.2, 0.25) is 0 Å². The van der Waals surface area contributed by atoms with Crippen molar-refractivity contribution in [1.82, 2.24) is 5.32 Å². The number of aryl methyl sites for hydroxylation is 1. The number of rotatable bonds is 8. The zero-order valence-corrected chi connectivity index (χ0v) is 15.5. The number of nitrogens with one attached hydrogen (secondary N) is 1. The van der Waals surface area contributed by atoms with Crippen LogP contribution in [0.5, 0.6) is 5.75 Å². The number of carbonyl (C=O) groups excluding carboxylic acids is 2. The molecule has 0 aliphatic rings. The Balaban J connectivity index is 1.70. The Morgan fingerprint density at radius 1 is 1.04 bits per heavy atom. The fraction of sp³-hybridized carbons (Fsp3) is 0.333. The van der Waals surface area contributed by atoms with E-state index in [4.69, 9.17) is 9.47 Å². The molecule has 5 heteroatoms. The molecule has 0 saturated carbocycles. The molecule has 0 fully saturated rings. The number of benzene rings is 2. The topological polar surface area (TPSA) is 64.6 Å². The molecule has 0 spiro atoms. The predicted molar refractivity (Wildman–Crippen MR) is 100 cm³/mol. The Bertz CT molecular complexity index is 741. The van der Waals surface area contributed by atoms with Crippen LogP contribution in [-0.4, -0.2) is 25.1 Å². The van der Waals surface area contributed by atoms with Gasteiger partial charge in [0, 0.05) is 6.54 Å². The molecule has 1 N–H and O–H groups in total. The van der Waals surface area contributed by atoms with Crippen molar-refractivity contribution in [2.24, 2.45) is 0 Å². The molecule has 0 saturated heterocycles. The predicted octanol–water partition coefficient (Wildman–Crippen LogP) is 3.36. The lowest BCUT2D eigenvalue weighted by atomic mass is 9.98. The maximum Gasteiger partial charge on any atom is 0.344 e. The molecule has 2 rings (SSSR count). The molecule has 5 nitrogen and oxygen atoms in total. The molecule has 0 radical (unpaired) electrons. The van der Waals surface area contributed by atoms with Crippen LogP contribution in [0.25, 0.3) is 0 Å². The molecule has 0 unspecified atom stereocenters. The van der Waals surface area contributed by atoms with Gasteiger partial charge in [-0.1, -0.05) is 50.2 Å². The van der Waals surface area contributed by atoms with Gasteiger partial charge in [0.15, 0.2) is 13.2 Å². The van der Waals surface area contributed by atoms with Crippen molar-refractivity contribution in [2.75, 3.05) is 13.2 Å². The first kappa shape index (κ1) is 19.5. The Morgan fingerprint density at radius 2 is 1.77 bits per heavy atom. The number of hydrogen-bond donors (Lipinski definition) is 1. The molecular weight excluding hydrogens is 330 g/mol. The van der Waals surface area contributed by atoms with Crippen molar-refractivity contribution in [3.8, 4) is 5.75 Å². The van der Waals surface area contributed by atoms with Gasteiger partial charge in [0.05, 0.1) is 0 Å². The molecule has 2 aromatic rings. The van der Waals surface area contributed by atoms with Crippen LogP contribution in [0.4, 0.5) is 0 Å². The van der Waals surface area contributed by atoms with E-state index >= 15 is 0 Å². The number of carbonyl (C=O) groups is 2. The minimum absolute atomic E-state index is 0.230. The summed E-state index contributed by atoms with van der Waals surface area (Å²) in [6, 6.07) is 15.3. The Hall–Kier alpha value is -2.82. The van der Waals surface area contributed by atoms with E-state index in [2.05, 4.69) is 19.2 Å². The van der Waals surface area contributed by atoms with Crippen LogP contribution >= 0.6 is 0 Å². The minimum atomic E-state index is -0.578. The summed E-state index contributed by atoms with van der Waals surface area (Å²) in [5, 5.41) is 2.70. The zero-order valence-electron chi connectivity index (χ0n) is 15.5. The van der Waals surface area contributed by atoms with Crippen LogP contribution in [-0.2, 0) is 20.9 Å². The summed E-state index contributed by atoms with van der Waals surface area (Å²) in [5.41, 5.74) is 3.34. The van der Waals surface area contributed by atoms with E-state index in [9.17, 15) is 9.59 Å². The summed E-state index contributed by atoms with van der Waals surface area (Å²) in [4.78, 5) is 23.4. The van der Waals surface area contributed by atoms with Crippen molar-refractivity contribution >= 4 is 11.9 Å². The average Bonchev–Trinajstić information content (AvgIpc) is 2.63. The first-order valence-electron chi connectivity index (χ1n) is 8.65. The van der Waals surface area contributed by atoms with Gasteiger partial charge in [-0.25, -0.2) is 4.79 Å². The van der Waals surface area contributed by atoms with E-state index < -0.39 is 5.97 Å². The average molecular weight is 355 g/mol. The third kappa shape index (κ3) is 6.24. The van der Waals surface area contributed by atoms with Gasteiger partial charge in [0.2, 0.25) is 0 Å². The molecule has 26 heavy (non-hydrogen) atoms. The largest absolute Gasteiger partial charge is 0.482 e. The fourth-order valence-corrected chi connectivity index (χ4v) is 2.56. The third-order valence-electron chi connectivity index (χ3n) is 3.92. The molecule has 0 bridgehead atoms. The number of hydrogen-bond acceptors (Lipinski definition) is 4. The van der Waals surface area contributed by atoms with E-state index in [1.807, 2.05) is 55.5 Å². The molecule has 1 amide bonds. The molecule has 138 valence electrons. The number of esters is 1. The number of amides is 1. The summed E-state index contributed by atoms with van der Waals surface area (Å²) in [7, 11) is 0. The Morgan fingerprint density at radius 3 is 2.42 bits per heavy atom. The summed E-state index contributed by atoms with van der Waals surface area (Å²) < 4.78 is 10.4. The molecule has 0 aliphatic heterocycles. The summed E-state index contributed by atoms with van der Waals surface area (Å²) >= 11 is 0. The van der Waals surface area contributed by atoms with E-state index in [0.717, 1.165) is 11.1 Å². The van der Waals surface area contributed by atoms with Crippen LogP contribution in [0.15, 0.2) is 48.5 Å². The first-order chi connectivity index (χ1) is 12.5. The SMILES string of the molecule is Cc1cc(OCC(=O)OCC(=O)NCc2ccccc2)ccc1C(C)C. The second kappa shape index (κ2) is 9.61. The molecular formula is C21H25NO4. The summed E-state index contributed by atoms with van der Waals surface area (Å²) in [6.07, 6.45) is 0. The Kier molecular flexibility index (Phi) is 7.21. The van der Waals surface area contributed by atoms with Crippen molar-refractivity contribution in [1.29, 1.82) is 0 Å². The lowest BCUT2D eigenvalue weighted by Gasteiger charge is -2.12. The maximum atomic E-state index is 11.7. The molecule has 2 aromatic carbocycles. The molecule has 0 aromatic heterocycles.